The SMILES string of the molecule is COCCCc1cc(CN(C(=O)C2CNCC[C@@H]2c2ccn(C)c(=O)c2)C2CC2)cc(C(C)=O)c1. The highest BCUT2D eigenvalue weighted by Gasteiger charge is 2.40. The third kappa shape index (κ3) is 6.27. The van der Waals surface area contributed by atoms with Crippen LogP contribution >= 0.6 is 0 Å². The van der Waals surface area contributed by atoms with Crippen LogP contribution in [-0.2, 0) is 29.5 Å². The smallest absolute Gasteiger partial charge is 0.250 e. The van der Waals surface area contributed by atoms with Crippen molar-refractivity contribution in [1.82, 2.24) is 14.8 Å². The summed E-state index contributed by atoms with van der Waals surface area (Å²) in [5, 5.41) is 3.39. The Bertz CT molecular complexity index is 1120. The molecule has 7 nitrogen and oxygen atoms in total. The van der Waals surface area contributed by atoms with Gasteiger partial charge >= 0.3 is 0 Å². The van der Waals surface area contributed by atoms with Gasteiger partial charge in [0.1, 0.15) is 0 Å². The number of hydrogen-bond donors (Lipinski definition) is 1. The molecule has 0 radical (unpaired) electrons. The number of methoxy groups -OCH3 is 1. The Morgan fingerprint density at radius 2 is 1.91 bits per heavy atom. The first-order valence-electron chi connectivity index (χ1n) is 12.7. The second-order valence-electron chi connectivity index (χ2n) is 10.0. The van der Waals surface area contributed by atoms with E-state index in [9.17, 15) is 14.4 Å². The highest BCUT2D eigenvalue weighted by molar-refractivity contribution is 5.94. The molecule has 2 aromatic rings. The Morgan fingerprint density at radius 3 is 2.60 bits per heavy atom. The minimum absolute atomic E-state index is 0.0204. The molecular weight excluding hydrogens is 442 g/mol. The molecular formula is C28H37N3O4. The molecule has 1 aliphatic heterocycles. The molecule has 4 rings (SSSR count). The summed E-state index contributed by atoms with van der Waals surface area (Å²) in [5.41, 5.74) is 3.69. The maximum Gasteiger partial charge on any atom is 0.250 e. The summed E-state index contributed by atoms with van der Waals surface area (Å²) in [6.45, 7) is 4.20. The summed E-state index contributed by atoms with van der Waals surface area (Å²) in [6, 6.07) is 9.92. The van der Waals surface area contributed by atoms with Crippen molar-refractivity contribution >= 4 is 11.7 Å². The van der Waals surface area contributed by atoms with Gasteiger partial charge in [-0.05, 0) is 86.4 Å². The molecule has 1 aliphatic carbocycles. The van der Waals surface area contributed by atoms with E-state index in [0.29, 0.717) is 25.3 Å². The Hall–Kier alpha value is -2.77. The molecule has 1 saturated heterocycles. The summed E-state index contributed by atoms with van der Waals surface area (Å²) in [4.78, 5) is 40.5. The molecule has 0 spiro atoms. The summed E-state index contributed by atoms with van der Waals surface area (Å²) in [6.07, 6.45) is 6.35. The number of carbonyl (C=O) groups is 2. The van der Waals surface area contributed by atoms with Crippen molar-refractivity contribution in [2.45, 2.75) is 57.5 Å². The van der Waals surface area contributed by atoms with E-state index in [2.05, 4.69) is 11.4 Å². The lowest BCUT2D eigenvalue weighted by atomic mass is 9.80. The second kappa shape index (κ2) is 11.3. The number of aryl methyl sites for hydroxylation is 2. The lowest BCUT2D eigenvalue weighted by Crippen LogP contribution is -2.47. The molecule has 2 heterocycles. The quantitative estimate of drug-likeness (QED) is 0.419. The standard InChI is InChI=1S/C28H37N3O4/c1-19(32)23-14-20(5-4-12-35-3)13-21(15-23)18-31(24-6-7-24)28(34)26-17-29-10-8-25(26)22-9-11-30(2)27(33)16-22/h9,11,13-16,24-26,29H,4-8,10,12,17-18H2,1-3H3/t25-,26?/m1/s1. The zero-order valence-electron chi connectivity index (χ0n) is 21.1. The molecule has 1 N–H and O–H groups in total. The molecule has 0 bridgehead atoms. The van der Waals surface area contributed by atoms with Crippen molar-refractivity contribution in [1.29, 1.82) is 0 Å². The van der Waals surface area contributed by atoms with Crippen LogP contribution in [0.1, 0.15) is 65.6 Å². The monoisotopic (exact) mass is 479 g/mol. The van der Waals surface area contributed by atoms with Crippen LogP contribution < -0.4 is 10.9 Å². The van der Waals surface area contributed by atoms with E-state index in [0.717, 1.165) is 55.3 Å². The van der Waals surface area contributed by atoms with E-state index in [1.165, 1.54) is 0 Å². The second-order valence-corrected chi connectivity index (χ2v) is 10.0. The number of hydrogen-bond acceptors (Lipinski definition) is 5. The molecule has 2 aliphatic rings. The number of piperidine rings is 1. The van der Waals surface area contributed by atoms with Gasteiger partial charge < -0.3 is 19.5 Å². The molecule has 1 saturated carbocycles. The molecule has 1 amide bonds. The van der Waals surface area contributed by atoms with E-state index < -0.39 is 0 Å². The highest BCUT2D eigenvalue weighted by Crippen LogP contribution is 2.36. The van der Waals surface area contributed by atoms with E-state index in [1.54, 1.807) is 37.9 Å². The van der Waals surface area contributed by atoms with E-state index >= 15 is 0 Å². The Kier molecular flexibility index (Phi) is 8.19. The zero-order valence-corrected chi connectivity index (χ0v) is 21.1. The summed E-state index contributed by atoms with van der Waals surface area (Å²) in [7, 11) is 3.43. The van der Waals surface area contributed by atoms with Gasteiger partial charge in [0.25, 0.3) is 5.56 Å². The predicted octanol–water partition coefficient (Wildman–Crippen LogP) is 3.05. The third-order valence-electron chi connectivity index (χ3n) is 7.25. The Balaban J connectivity index is 1.58. The number of carbonyl (C=O) groups excluding carboxylic acids is 2. The molecule has 1 aromatic carbocycles. The average molecular weight is 480 g/mol. The third-order valence-corrected chi connectivity index (χ3v) is 7.25. The number of rotatable bonds is 10. The van der Waals surface area contributed by atoms with Crippen LogP contribution in [0.25, 0.3) is 0 Å². The van der Waals surface area contributed by atoms with Crippen LogP contribution in [0.5, 0.6) is 0 Å². The van der Waals surface area contributed by atoms with Crippen LogP contribution in [0.4, 0.5) is 0 Å². The molecule has 7 heteroatoms. The van der Waals surface area contributed by atoms with Gasteiger partial charge in [-0.2, -0.15) is 0 Å². The van der Waals surface area contributed by atoms with Crippen molar-refractivity contribution in [3.8, 4) is 0 Å². The van der Waals surface area contributed by atoms with Gasteiger partial charge in [0.05, 0.1) is 5.92 Å². The van der Waals surface area contributed by atoms with Crippen molar-refractivity contribution in [3.05, 3.63) is 69.1 Å². The fourth-order valence-electron chi connectivity index (χ4n) is 5.12. The fraction of sp³-hybridized carbons (Fsp3) is 0.536. The fourth-order valence-corrected chi connectivity index (χ4v) is 5.12. The summed E-state index contributed by atoms with van der Waals surface area (Å²) >= 11 is 0. The minimum atomic E-state index is -0.214. The maximum atomic E-state index is 14.0. The molecule has 1 unspecified atom stereocenters. The number of amides is 1. The number of Topliss-reactive ketones (excluding diaryl/α,β-unsaturated/α-hetero) is 1. The van der Waals surface area contributed by atoms with Crippen LogP contribution in [0.3, 0.4) is 0 Å². The summed E-state index contributed by atoms with van der Waals surface area (Å²) in [5.74, 6) is -0.0217. The largest absolute Gasteiger partial charge is 0.385 e. The van der Waals surface area contributed by atoms with Crippen molar-refractivity contribution in [2.75, 3.05) is 26.8 Å². The van der Waals surface area contributed by atoms with E-state index in [1.807, 2.05) is 23.1 Å². The van der Waals surface area contributed by atoms with Gasteiger partial charge in [-0.3, -0.25) is 14.4 Å². The van der Waals surface area contributed by atoms with Gasteiger partial charge in [-0.25, -0.2) is 0 Å². The minimum Gasteiger partial charge on any atom is -0.385 e. The van der Waals surface area contributed by atoms with Crippen molar-refractivity contribution in [3.63, 3.8) is 0 Å². The van der Waals surface area contributed by atoms with Crippen LogP contribution in [0, 0.1) is 5.92 Å². The van der Waals surface area contributed by atoms with Crippen LogP contribution in [0.15, 0.2) is 41.3 Å². The summed E-state index contributed by atoms with van der Waals surface area (Å²) < 4.78 is 6.75. The normalized spacial score (nSPS) is 20.0. The van der Waals surface area contributed by atoms with Gasteiger partial charge in [0.15, 0.2) is 5.78 Å². The first-order chi connectivity index (χ1) is 16.9. The average Bonchev–Trinajstić information content (AvgIpc) is 3.69. The number of benzene rings is 1. The molecule has 188 valence electrons. The predicted molar refractivity (Wildman–Crippen MR) is 136 cm³/mol. The number of nitrogens with zero attached hydrogens (tertiary/aromatic N) is 2. The van der Waals surface area contributed by atoms with Crippen LogP contribution in [-0.4, -0.2) is 54.0 Å². The number of pyridine rings is 1. The molecule has 2 atom stereocenters. The molecule has 2 fully saturated rings. The lowest BCUT2D eigenvalue weighted by Gasteiger charge is -2.36. The van der Waals surface area contributed by atoms with E-state index in [-0.39, 0.29) is 35.1 Å². The number of aromatic nitrogens is 1. The molecule has 1 aromatic heterocycles. The number of ether oxygens (including phenoxy) is 1. The zero-order chi connectivity index (χ0) is 24.9. The Labute approximate surface area is 207 Å². The van der Waals surface area contributed by atoms with Crippen LogP contribution in [0.2, 0.25) is 0 Å². The van der Waals surface area contributed by atoms with Crippen molar-refractivity contribution in [2.24, 2.45) is 13.0 Å². The number of nitrogens with one attached hydrogen (secondary N) is 1. The lowest BCUT2D eigenvalue weighted by molar-refractivity contribution is -0.138. The van der Waals surface area contributed by atoms with Gasteiger partial charge in [-0.1, -0.05) is 6.07 Å². The topological polar surface area (TPSA) is 80.6 Å². The Morgan fingerprint density at radius 1 is 1.14 bits per heavy atom. The molecule has 35 heavy (non-hydrogen) atoms. The van der Waals surface area contributed by atoms with Gasteiger partial charge in [-0.15, -0.1) is 0 Å². The maximum absolute atomic E-state index is 14.0. The van der Waals surface area contributed by atoms with Crippen molar-refractivity contribution < 1.29 is 14.3 Å². The number of ketones is 1. The first kappa shape index (κ1) is 25.3. The van der Waals surface area contributed by atoms with Gasteiger partial charge in [0, 0.05) is 57.7 Å². The van der Waals surface area contributed by atoms with Gasteiger partial charge in [0.2, 0.25) is 5.91 Å². The highest BCUT2D eigenvalue weighted by atomic mass is 16.5. The first-order valence-corrected chi connectivity index (χ1v) is 12.7. The van der Waals surface area contributed by atoms with E-state index in [4.69, 9.17) is 4.74 Å².